The fourth-order valence-electron chi connectivity index (χ4n) is 8.37. The van der Waals surface area contributed by atoms with Crippen molar-refractivity contribution < 1.29 is 8.83 Å². The predicted octanol–water partition coefficient (Wildman–Crippen LogP) is 13.4. The third-order valence-corrected chi connectivity index (χ3v) is 11.0. The number of hydrogen-bond donors (Lipinski definition) is 0. The Balaban J connectivity index is 0.957. The van der Waals surface area contributed by atoms with Crippen molar-refractivity contribution in [3.05, 3.63) is 182 Å². The molecule has 6 nitrogen and oxygen atoms in total. The highest BCUT2D eigenvalue weighted by Crippen LogP contribution is 2.41. The minimum absolute atomic E-state index is 0.591. The van der Waals surface area contributed by atoms with E-state index in [1.54, 1.807) is 0 Å². The summed E-state index contributed by atoms with van der Waals surface area (Å²) < 4.78 is 15.5. The molecule has 0 radical (unpaired) electrons. The standard InChI is InChI=1S/C51H30N4O2/c1-3-12-31(13-4-1)49-52-50(32-14-5-2-6-15-32)54-51(53-49)35-23-25-39-38-24-22-34(29-45(38)56-46(39)30-35)33-16-11-17-36(28-33)55-42-20-9-7-19-41(42)47-43(55)27-26-40-37-18-8-10-21-44(37)57-48(40)47/h1-30H. The molecule has 266 valence electrons. The van der Waals surface area contributed by atoms with Gasteiger partial charge in [0.15, 0.2) is 17.5 Å². The van der Waals surface area contributed by atoms with Crippen LogP contribution in [-0.2, 0) is 0 Å². The average molecular weight is 731 g/mol. The van der Waals surface area contributed by atoms with E-state index in [1.165, 1.54) is 0 Å². The number of nitrogens with zero attached hydrogens (tertiary/aromatic N) is 4. The summed E-state index contributed by atoms with van der Waals surface area (Å²) in [6.45, 7) is 0. The van der Waals surface area contributed by atoms with Gasteiger partial charge in [0.1, 0.15) is 22.3 Å². The fourth-order valence-corrected chi connectivity index (χ4v) is 8.37. The van der Waals surface area contributed by atoms with E-state index in [0.29, 0.717) is 17.5 Å². The number of aromatic nitrogens is 4. The Morgan fingerprint density at radius 1 is 0.333 bits per heavy atom. The molecule has 0 aliphatic heterocycles. The van der Waals surface area contributed by atoms with E-state index < -0.39 is 0 Å². The van der Waals surface area contributed by atoms with Gasteiger partial charge in [-0.25, -0.2) is 15.0 Å². The highest BCUT2D eigenvalue weighted by molar-refractivity contribution is 6.23. The summed E-state index contributed by atoms with van der Waals surface area (Å²) >= 11 is 0. The van der Waals surface area contributed by atoms with Crippen molar-refractivity contribution in [1.82, 2.24) is 19.5 Å². The third-order valence-electron chi connectivity index (χ3n) is 11.0. The Kier molecular flexibility index (Phi) is 6.83. The zero-order chi connectivity index (χ0) is 37.5. The molecule has 57 heavy (non-hydrogen) atoms. The molecule has 0 amide bonds. The van der Waals surface area contributed by atoms with Crippen LogP contribution in [0, 0.1) is 0 Å². The van der Waals surface area contributed by atoms with E-state index in [9.17, 15) is 0 Å². The maximum atomic E-state index is 6.60. The van der Waals surface area contributed by atoms with Crippen LogP contribution in [0.3, 0.4) is 0 Å². The Morgan fingerprint density at radius 3 is 1.61 bits per heavy atom. The molecule has 4 heterocycles. The molecule has 0 spiro atoms. The molecule has 8 aromatic carbocycles. The summed E-state index contributed by atoms with van der Waals surface area (Å²) in [5, 5.41) is 6.64. The summed E-state index contributed by atoms with van der Waals surface area (Å²) in [6, 6.07) is 62.7. The maximum Gasteiger partial charge on any atom is 0.164 e. The van der Waals surface area contributed by atoms with E-state index in [-0.39, 0.29) is 0 Å². The van der Waals surface area contributed by atoms with E-state index in [1.807, 2.05) is 78.9 Å². The van der Waals surface area contributed by atoms with E-state index in [4.69, 9.17) is 23.8 Å². The largest absolute Gasteiger partial charge is 0.456 e. The molecule has 6 heteroatoms. The topological polar surface area (TPSA) is 69.9 Å². The Hall–Kier alpha value is -7.83. The van der Waals surface area contributed by atoms with Gasteiger partial charge in [-0.2, -0.15) is 0 Å². The summed E-state index contributed by atoms with van der Waals surface area (Å²) in [5.74, 6) is 1.84. The van der Waals surface area contributed by atoms with Crippen LogP contribution in [0.2, 0.25) is 0 Å². The fraction of sp³-hybridized carbons (Fsp3) is 0. The lowest BCUT2D eigenvalue weighted by atomic mass is 10.0. The lowest BCUT2D eigenvalue weighted by Crippen LogP contribution is -2.00. The molecule has 0 N–H and O–H groups in total. The first kappa shape index (κ1) is 31.5. The van der Waals surface area contributed by atoms with E-state index >= 15 is 0 Å². The number of benzene rings is 8. The zero-order valence-corrected chi connectivity index (χ0v) is 30.4. The van der Waals surface area contributed by atoms with Gasteiger partial charge < -0.3 is 13.4 Å². The molecular weight excluding hydrogens is 701 g/mol. The molecule has 0 saturated carbocycles. The van der Waals surface area contributed by atoms with E-state index in [0.717, 1.165) is 99.2 Å². The van der Waals surface area contributed by atoms with Crippen LogP contribution in [-0.4, -0.2) is 19.5 Å². The van der Waals surface area contributed by atoms with Crippen LogP contribution in [0.25, 0.3) is 117 Å². The predicted molar refractivity (Wildman–Crippen MR) is 230 cm³/mol. The first-order chi connectivity index (χ1) is 28.2. The van der Waals surface area contributed by atoms with Crippen LogP contribution in [0.5, 0.6) is 0 Å². The normalized spacial score (nSPS) is 11.9. The number of furan rings is 2. The Bertz CT molecular complexity index is 3470. The number of hydrogen-bond acceptors (Lipinski definition) is 5. The van der Waals surface area contributed by atoms with Gasteiger partial charge in [0.2, 0.25) is 0 Å². The van der Waals surface area contributed by atoms with Crippen molar-refractivity contribution in [3.8, 4) is 51.0 Å². The highest BCUT2D eigenvalue weighted by atomic mass is 16.3. The van der Waals surface area contributed by atoms with Gasteiger partial charge in [-0.05, 0) is 71.8 Å². The van der Waals surface area contributed by atoms with Gasteiger partial charge in [-0.15, -0.1) is 0 Å². The van der Waals surface area contributed by atoms with Crippen molar-refractivity contribution in [3.63, 3.8) is 0 Å². The van der Waals surface area contributed by atoms with Crippen LogP contribution in [0.15, 0.2) is 191 Å². The second kappa shape index (κ2) is 12.3. The van der Waals surface area contributed by atoms with Gasteiger partial charge in [-0.1, -0.05) is 121 Å². The van der Waals surface area contributed by atoms with Crippen LogP contribution >= 0.6 is 0 Å². The van der Waals surface area contributed by atoms with Gasteiger partial charge in [0.05, 0.1) is 16.4 Å². The van der Waals surface area contributed by atoms with Gasteiger partial charge >= 0.3 is 0 Å². The first-order valence-corrected chi connectivity index (χ1v) is 19.0. The van der Waals surface area contributed by atoms with Gasteiger partial charge in [0, 0.05) is 49.3 Å². The van der Waals surface area contributed by atoms with Crippen LogP contribution < -0.4 is 0 Å². The molecule has 0 unspecified atom stereocenters. The van der Waals surface area contributed by atoms with Gasteiger partial charge in [0.25, 0.3) is 0 Å². The quantitative estimate of drug-likeness (QED) is 0.176. The van der Waals surface area contributed by atoms with E-state index in [2.05, 4.69) is 108 Å². The summed E-state index contributed by atoms with van der Waals surface area (Å²) in [6.07, 6.45) is 0. The maximum absolute atomic E-state index is 6.60. The number of para-hydroxylation sites is 2. The van der Waals surface area contributed by atoms with Crippen molar-refractivity contribution >= 4 is 65.7 Å². The molecule has 12 aromatic rings. The molecule has 0 fully saturated rings. The second-order valence-corrected chi connectivity index (χ2v) is 14.4. The van der Waals surface area contributed by atoms with Crippen molar-refractivity contribution in [2.45, 2.75) is 0 Å². The molecule has 0 aliphatic carbocycles. The monoisotopic (exact) mass is 730 g/mol. The highest BCUT2D eigenvalue weighted by Gasteiger charge is 2.19. The minimum atomic E-state index is 0.591. The second-order valence-electron chi connectivity index (χ2n) is 14.4. The van der Waals surface area contributed by atoms with Crippen molar-refractivity contribution in [1.29, 1.82) is 0 Å². The summed E-state index contributed by atoms with van der Waals surface area (Å²) in [4.78, 5) is 14.7. The first-order valence-electron chi connectivity index (χ1n) is 19.0. The Morgan fingerprint density at radius 2 is 0.877 bits per heavy atom. The molecular formula is C51H30N4O2. The molecule has 4 aromatic heterocycles. The van der Waals surface area contributed by atoms with Crippen LogP contribution in [0.4, 0.5) is 0 Å². The number of rotatable bonds is 5. The molecule has 0 saturated heterocycles. The minimum Gasteiger partial charge on any atom is -0.456 e. The molecule has 0 atom stereocenters. The van der Waals surface area contributed by atoms with Gasteiger partial charge in [-0.3, -0.25) is 0 Å². The summed E-state index contributed by atoms with van der Waals surface area (Å²) in [5.41, 5.74) is 11.6. The lowest BCUT2D eigenvalue weighted by molar-refractivity contribution is 0.669. The SMILES string of the molecule is c1ccc(-c2nc(-c3ccccc3)nc(-c3ccc4c(c3)oc3cc(-c5cccc(-n6c7ccccc7c7c8oc9ccccc9c8ccc76)c5)ccc34)n2)cc1. The molecule has 0 bridgehead atoms. The smallest absolute Gasteiger partial charge is 0.164 e. The van der Waals surface area contributed by atoms with Crippen molar-refractivity contribution in [2.75, 3.05) is 0 Å². The molecule has 0 aliphatic rings. The Labute approximate surface area is 325 Å². The average Bonchev–Trinajstić information content (AvgIpc) is 3.96. The summed E-state index contributed by atoms with van der Waals surface area (Å²) in [7, 11) is 0. The van der Waals surface area contributed by atoms with Crippen molar-refractivity contribution in [2.24, 2.45) is 0 Å². The number of fused-ring (bicyclic) bond motifs is 10. The zero-order valence-electron chi connectivity index (χ0n) is 30.4. The van der Waals surface area contributed by atoms with Crippen LogP contribution in [0.1, 0.15) is 0 Å². The lowest BCUT2D eigenvalue weighted by Gasteiger charge is -2.10. The third kappa shape index (κ3) is 5.01. The molecule has 12 rings (SSSR count).